The summed E-state index contributed by atoms with van der Waals surface area (Å²) < 4.78 is 2.04. The molecule has 0 bridgehead atoms. The van der Waals surface area contributed by atoms with Crippen molar-refractivity contribution in [1.29, 1.82) is 0 Å². The second-order valence-corrected chi connectivity index (χ2v) is 7.53. The SMILES string of the molecule is Cc1nccn1Cc1ccccc1NC(=O)c1csc(-c2cccs2)n1. The van der Waals surface area contributed by atoms with Crippen LogP contribution in [0.5, 0.6) is 0 Å². The Morgan fingerprint density at radius 2 is 2.08 bits per heavy atom. The molecule has 7 heteroatoms. The van der Waals surface area contributed by atoms with Gasteiger partial charge < -0.3 is 9.88 Å². The van der Waals surface area contributed by atoms with E-state index in [4.69, 9.17) is 0 Å². The summed E-state index contributed by atoms with van der Waals surface area (Å²) in [5.74, 6) is 0.741. The van der Waals surface area contributed by atoms with Crippen LogP contribution in [0.3, 0.4) is 0 Å². The van der Waals surface area contributed by atoms with E-state index in [1.54, 1.807) is 22.9 Å². The van der Waals surface area contributed by atoms with Gasteiger partial charge >= 0.3 is 0 Å². The van der Waals surface area contributed by atoms with Gasteiger partial charge in [-0.1, -0.05) is 24.3 Å². The summed E-state index contributed by atoms with van der Waals surface area (Å²) in [6.07, 6.45) is 3.71. The highest BCUT2D eigenvalue weighted by atomic mass is 32.1. The molecule has 1 amide bonds. The maximum Gasteiger partial charge on any atom is 0.275 e. The fourth-order valence-electron chi connectivity index (χ4n) is 2.61. The van der Waals surface area contributed by atoms with Gasteiger partial charge in [0.25, 0.3) is 5.91 Å². The van der Waals surface area contributed by atoms with Crippen molar-refractivity contribution in [3.8, 4) is 9.88 Å². The summed E-state index contributed by atoms with van der Waals surface area (Å²) in [5.41, 5.74) is 2.25. The topological polar surface area (TPSA) is 59.8 Å². The maximum atomic E-state index is 12.6. The zero-order chi connectivity index (χ0) is 17.9. The van der Waals surface area contributed by atoms with Crippen molar-refractivity contribution in [3.63, 3.8) is 0 Å². The summed E-state index contributed by atoms with van der Waals surface area (Å²) in [6.45, 7) is 2.61. The number of amides is 1. The van der Waals surface area contributed by atoms with Crippen LogP contribution in [0.15, 0.2) is 59.6 Å². The van der Waals surface area contributed by atoms with Gasteiger partial charge in [0.2, 0.25) is 0 Å². The number of aryl methyl sites for hydroxylation is 1. The molecule has 0 unspecified atom stereocenters. The number of anilines is 1. The maximum absolute atomic E-state index is 12.6. The molecule has 4 rings (SSSR count). The van der Waals surface area contributed by atoms with Crippen LogP contribution in [0, 0.1) is 6.92 Å². The van der Waals surface area contributed by atoms with Crippen LogP contribution < -0.4 is 5.32 Å². The Labute approximate surface area is 159 Å². The molecule has 0 radical (unpaired) electrons. The van der Waals surface area contributed by atoms with Gasteiger partial charge in [-0.2, -0.15) is 0 Å². The Bertz CT molecular complexity index is 1030. The van der Waals surface area contributed by atoms with Gasteiger partial charge in [0, 0.05) is 23.5 Å². The number of thiazole rings is 1. The number of nitrogens with one attached hydrogen (secondary N) is 1. The minimum atomic E-state index is -0.196. The Morgan fingerprint density at radius 1 is 1.19 bits per heavy atom. The number of para-hydroxylation sites is 1. The zero-order valence-electron chi connectivity index (χ0n) is 14.0. The monoisotopic (exact) mass is 380 g/mol. The predicted molar refractivity (Wildman–Crippen MR) is 106 cm³/mol. The number of benzene rings is 1. The van der Waals surface area contributed by atoms with Crippen molar-refractivity contribution < 1.29 is 4.79 Å². The molecule has 130 valence electrons. The van der Waals surface area contributed by atoms with Crippen molar-refractivity contribution in [1.82, 2.24) is 14.5 Å². The van der Waals surface area contributed by atoms with Crippen molar-refractivity contribution in [3.05, 3.63) is 76.6 Å². The molecule has 26 heavy (non-hydrogen) atoms. The highest BCUT2D eigenvalue weighted by molar-refractivity contribution is 7.20. The van der Waals surface area contributed by atoms with E-state index >= 15 is 0 Å². The molecule has 1 N–H and O–H groups in total. The number of nitrogens with zero attached hydrogens (tertiary/aromatic N) is 3. The smallest absolute Gasteiger partial charge is 0.275 e. The van der Waals surface area contributed by atoms with Crippen molar-refractivity contribution in [2.45, 2.75) is 13.5 Å². The Kier molecular flexibility index (Phi) is 4.64. The van der Waals surface area contributed by atoms with Gasteiger partial charge in [-0.3, -0.25) is 4.79 Å². The molecular formula is C19H16N4OS2. The van der Waals surface area contributed by atoms with Gasteiger partial charge in [-0.25, -0.2) is 9.97 Å². The van der Waals surface area contributed by atoms with E-state index in [-0.39, 0.29) is 5.91 Å². The van der Waals surface area contributed by atoms with Gasteiger partial charge in [-0.15, -0.1) is 22.7 Å². The molecule has 3 aromatic heterocycles. The molecule has 0 saturated heterocycles. The second kappa shape index (κ2) is 7.23. The number of aromatic nitrogens is 3. The highest BCUT2D eigenvalue weighted by Gasteiger charge is 2.14. The van der Waals surface area contributed by atoms with E-state index < -0.39 is 0 Å². The molecule has 1 aromatic carbocycles. The van der Waals surface area contributed by atoms with E-state index in [9.17, 15) is 4.79 Å². The zero-order valence-corrected chi connectivity index (χ0v) is 15.7. The Balaban J connectivity index is 1.54. The van der Waals surface area contributed by atoms with Crippen LogP contribution >= 0.6 is 22.7 Å². The molecular weight excluding hydrogens is 364 g/mol. The molecule has 4 aromatic rings. The molecule has 5 nitrogen and oxygen atoms in total. The lowest BCUT2D eigenvalue weighted by Gasteiger charge is -2.12. The van der Waals surface area contributed by atoms with Crippen LogP contribution in [0.2, 0.25) is 0 Å². The minimum Gasteiger partial charge on any atom is -0.331 e. The summed E-state index contributed by atoms with van der Waals surface area (Å²) >= 11 is 3.10. The third kappa shape index (κ3) is 3.44. The number of rotatable bonds is 5. The van der Waals surface area contributed by atoms with Crippen molar-refractivity contribution in [2.24, 2.45) is 0 Å². The first kappa shape index (κ1) is 16.7. The number of carbonyl (C=O) groups excluding carboxylic acids is 1. The Hall–Kier alpha value is -2.77. The molecule has 0 aliphatic carbocycles. The summed E-state index contributed by atoms with van der Waals surface area (Å²) in [5, 5.41) is 7.66. The first-order valence-electron chi connectivity index (χ1n) is 8.07. The van der Waals surface area contributed by atoms with Crippen LogP contribution in [0.4, 0.5) is 5.69 Å². The van der Waals surface area contributed by atoms with Gasteiger partial charge in [0.15, 0.2) is 0 Å². The highest BCUT2D eigenvalue weighted by Crippen LogP contribution is 2.28. The van der Waals surface area contributed by atoms with E-state index in [1.165, 1.54) is 11.3 Å². The minimum absolute atomic E-state index is 0.196. The normalized spacial score (nSPS) is 10.8. The van der Waals surface area contributed by atoms with Gasteiger partial charge in [0.05, 0.1) is 11.4 Å². The lowest BCUT2D eigenvalue weighted by atomic mass is 10.1. The summed E-state index contributed by atoms with van der Waals surface area (Å²) in [4.78, 5) is 22.4. The second-order valence-electron chi connectivity index (χ2n) is 5.73. The molecule has 0 aliphatic heterocycles. The molecule has 3 heterocycles. The molecule has 0 fully saturated rings. The van der Waals surface area contributed by atoms with Gasteiger partial charge in [0.1, 0.15) is 16.5 Å². The number of carbonyl (C=O) groups is 1. The number of hydrogen-bond donors (Lipinski definition) is 1. The third-order valence-corrected chi connectivity index (χ3v) is 5.88. The molecule has 0 saturated carbocycles. The lowest BCUT2D eigenvalue weighted by Crippen LogP contribution is -2.14. The standard InChI is InChI=1S/C19H16N4OS2/c1-13-20-8-9-23(13)11-14-5-2-3-6-15(14)21-18(24)16-12-26-19(22-16)17-7-4-10-25-17/h2-10,12H,11H2,1H3,(H,21,24). The van der Waals surface area contributed by atoms with Crippen molar-refractivity contribution in [2.75, 3.05) is 5.32 Å². The van der Waals surface area contributed by atoms with E-state index in [0.29, 0.717) is 12.2 Å². The number of imidazole rings is 1. The van der Waals surface area contributed by atoms with Crippen molar-refractivity contribution >= 4 is 34.3 Å². The summed E-state index contributed by atoms with van der Waals surface area (Å²) in [6, 6.07) is 11.8. The number of thiophene rings is 1. The third-order valence-electron chi connectivity index (χ3n) is 4.00. The summed E-state index contributed by atoms with van der Waals surface area (Å²) in [7, 11) is 0. The average molecular weight is 380 g/mol. The fourth-order valence-corrected chi connectivity index (χ4v) is 4.23. The van der Waals surface area contributed by atoms with Crippen LogP contribution in [-0.2, 0) is 6.54 Å². The molecule has 0 atom stereocenters. The average Bonchev–Trinajstić information content (AvgIpc) is 3.38. The van der Waals surface area contributed by atoms with E-state index in [0.717, 1.165) is 27.0 Å². The van der Waals surface area contributed by atoms with E-state index in [2.05, 4.69) is 15.3 Å². The quantitative estimate of drug-likeness (QED) is 0.547. The van der Waals surface area contributed by atoms with E-state index in [1.807, 2.05) is 59.5 Å². The molecule has 0 spiro atoms. The first-order valence-corrected chi connectivity index (χ1v) is 9.83. The van der Waals surface area contributed by atoms with Crippen LogP contribution in [-0.4, -0.2) is 20.4 Å². The predicted octanol–water partition coefficient (Wildman–Crippen LogP) is 4.68. The number of hydrogen-bond acceptors (Lipinski definition) is 5. The van der Waals surface area contributed by atoms with Crippen LogP contribution in [0.1, 0.15) is 21.9 Å². The Morgan fingerprint density at radius 3 is 2.85 bits per heavy atom. The first-order chi connectivity index (χ1) is 12.7. The molecule has 0 aliphatic rings. The lowest BCUT2D eigenvalue weighted by molar-refractivity contribution is 0.102. The largest absolute Gasteiger partial charge is 0.331 e. The van der Waals surface area contributed by atoms with Crippen LogP contribution in [0.25, 0.3) is 9.88 Å². The van der Waals surface area contributed by atoms with Gasteiger partial charge in [-0.05, 0) is 30.0 Å². The fraction of sp³-hybridized carbons (Fsp3) is 0.105.